The van der Waals surface area contributed by atoms with Crippen molar-refractivity contribution in [2.24, 2.45) is 5.41 Å². The van der Waals surface area contributed by atoms with Crippen molar-refractivity contribution >= 4 is 17.5 Å². The first kappa shape index (κ1) is 26.0. The lowest BCUT2D eigenvalue weighted by molar-refractivity contribution is -0.138. The second kappa shape index (κ2) is 11.8. The van der Waals surface area contributed by atoms with Crippen LogP contribution in [-0.2, 0) is 16.1 Å². The number of hydrogen-bond donors (Lipinski definition) is 1. The number of nitrogens with zero attached hydrogens (tertiary/aromatic N) is 2. The fraction of sp³-hybridized carbons (Fsp3) is 0.375. The highest BCUT2D eigenvalue weighted by Crippen LogP contribution is 2.42. The van der Waals surface area contributed by atoms with E-state index < -0.39 is 0 Å². The van der Waals surface area contributed by atoms with Gasteiger partial charge in [0.2, 0.25) is 11.8 Å². The van der Waals surface area contributed by atoms with Crippen molar-refractivity contribution in [1.29, 1.82) is 0 Å². The number of para-hydroxylation sites is 1. The minimum atomic E-state index is -0.230. The summed E-state index contributed by atoms with van der Waals surface area (Å²) in [6.45, 7) is 4.10. The molecule has 6 heteroatoms. The van der Waals surface area contributed by atoms with Gasteiger partial charge in [0, 0.05) is 18.8 Å². The van der Waals surface area contributed by atoms with E-state index in [1.54, 1.807) is 7.11 Å². The predicted octanol–water partition coefficient (Wildman–Crippen LogP) is 5.32. The van der Waals surface area contributed by atoms with Crippen LogP contribution in [0.4, 0.5) is 5.69 Å². The number of rotatable bonds is 9. The molecule has 1 N–H and O–H groups in total. The Bertz CT molecular complexity index is 1210. The van der Waals surface area contributed by atoms with Gasteiger partial charge in [-0.25, -0.2) is 0 Å². The number of anilines is 1. The first-order valence-corrected chi connectivity index (χ1v) is 13.6. The van der Waals surface area contributed by atoms with Crippen LogP contribution in [0.2, 0.25) is 0 Å². The largest absolute Gasteiger partial charge is 0.497 e. The Morgan fingerprint density at radius 3 is 2.18 bits per heavy atom. The number of amides is 2. The van der Waals surface area contributed by atoms with Gasteiger partial charge in [-0.3, -0.25) is 9.59 Å². The van der Waals surface area contributed by atoms with Gasteiger partial charge in [-0.15, -0.1) is 0 Å². The lowest BCUT2D eigenvalue weighted by Gasteiger charge is -2.38. The Kier molecular flexibility index (Phi) is 8.08. The first-order chi connectivity index (χ1) is 18.6. The minimum absolute atomic E-state index is 0.0241. The number of piperidine rings is 1. The molecular weight excluding hydrogens is 474 g/mol. The van der Waals surface area contributed by atoms with Gasteiger partial charge >= 0.3 is 0 Å². The molecule has 2 amide bonds. The molecule has 3 aromatic rings. The molecule has 0 bridgehead atoms. The zero-order valence-corrected chi connectivity index (χ0v) is 22.1. The van der Waals surface area contributed by atoms with Crippen molar-refractivity contribution in [2.75, 3.05) is 38.6 Å². The topological polar surface area (TPSA) is 61.9 Å². The Hall–Kier alpha value is -3.64. The maximum atomic E-state index is 13.5. The number of methoxy groups -OCH3 is 1. The Balaban J connectivity index is 1.16. The Morgan fingerprint density at radius 2 is 1.53 bits per heavy atom. The molecule has 2 fully saturated rings. The van der Waals surface area contributed by atoms with Crippen molar-refractivity contribution in [1.82, 2.24) is 9.80 Å². The third-order valence-corrected chi connectivity index (χ3v) is 8.24. The quantitative estimate of drug-likeness (QED) is 0.422. The van der Waals surface area contributed by atoms with E-state index in [9.17, 15) is 9.59 Å². The Morgan fingerprint density at radius 1 is 0.895 bits per heavy atom. The molecule has 3 aromatic carbocycles. The molecular formula is C32H37N3O3. The van der Waals surface area contributed by atoms with E-state index in [4.69, 9.17) is 4.74 Å². The molecule has 6 nitrogen and oxygen atoms in total. The summed E-state index contributed by atoms with van der Waals surface area (Å²) in [5.74, 6) is 0.936. The fourth-order valence-corrected chi connectivity index (χ4v) is 5.86. The van der Waals surface area contributed by atoms with E-state index >= 15 is 0 Å². The van der Waals surface area contributed by atoms with Gasteiger partial charge in [-0.05, 0) is 80.7 Å². The van der Waals surface area contributed by atoms with E-state index in [0.29, 0.717) is 12.5 Å². The fourth-order valence-electron chi connectivity index (χ4n) is 5.86. The van der Waals surface area contributed by atoms with Crippen LogP contribution in [0.3, 0.4) is 0 Å². The van der Waals surface area contributed by atoms with Crippen LogP contribution in [-0.4, -0.2) is 54.9 Å². The summed E-state index contributed by atoms with van der Waals surface area (Å²) in [7, 11) is 1.66. The van der Waals surface area contributed by atoms with Crippen LogP contribution in [0.5, 0.6) is 5.75 Å². The van der Waals surface area contributed by atoms with Crippen molar-refractivity contribution in [3.63, 3.8) is 0 Å². The van der Waals surface area contributed by atoms with Gasteiger partial charge in [-0.2, -0.15) is 0 Å². The van der Waals surface area contributed by atoms with Crippen molar-refractivity contribution in [2.45, 2.75) is 38.1 Å². The lowest BCUT2D eigenvalue weighted by Crippen LogP contribution is -2.45. The highest BCUT2D eigenvalue weighted by atomic mass is 16.5. The van der Waals surface area contributed by atoms with Gasteiger partial charge in [0.1, 0.15) is 5.75 Å². The smallest absolute Gasteiger partial charge is 0.231 e. The van der Waals surface area contributed by atoms with E-state index in [0.717, 1.165) is 74.4 Å². The molecule has 1 unspecified atom stereocenters. The van der Waals surface area contributed by atoms with Gasteiger partial charge in [0.05, 0.1) is 18.4 Å². The van der Waals surface area contributed by atoms with Crippen LogP contribution >= 0.6 is 0 Å². The zero-order chi connectivity index (χ0) is 26.4. The predicted molar refractivity (Wildman–Crippen MR) is 150 cm³/mol. The van der Waals surface area contributed by atoms with Gasteiger partial charge in [0.15, 0.2) is 0 Å². The number of likely N-dealkylation sites (tertiary alicyclic amines) is 2. The molecule has 2 aliphatic heterocycles. The van der Waals surface area contributed by atoms with E-state index in [1.165, 1.54) is 0 Å². The van der Waals surface area contributed by atoms with E-state index in [1.807, 2.05) is 89.8 Å². The summed E-state index contributed by atoms with van der Waals surface area (Å²) < 4.78 is 5.25. The molecule has 2 saturated heterocycles. The second-order valence-corrected chi connectivity index (χ2v) is 10.6. The molecule has 0 aromatic heterocycles. The maximum Gasteiger partial charge on any atom is 0.231 e. The summed E-state index contributed by atoms with van der Waals surface area (Å²) in [5, 5.41) is 3.09. The molecule has 198 valence electrons. The monoisotopic (exact) mass is 511 g/mol. The van der Waals surface area contributed by atoms with E-state index in [-0.39, 0.29) is 17.2 Å². The highest BCUT2D eigenvalue weighted by molar-refractivity contribution is 5.95. The molecule has 2 heterocycles. The number of carbonyl (C=O) groups excluding carboxylic acids is 2. The number of hydrogen-bond acceptors (Lipinski definition) is 4. The molecule has 0 radical (unpaired) electrons. The summed E-state index contributed by atoms with van der Waals surface area (Å²) in [4.78, 5) is 31.2. The number of nitrogens with one attached hydrogen (secondary N) is 1. The molecule has 1 atom stereocenters. The molecule has 2 aliphatic rings. The van der Waals surface area contributed by atoms with Gasteiger partial charge in [0.25, 0.3) is 0 Å². The van der Waals surface area contributed by atoms with Crippen molar-refractivity contribution in [3.8, 4) is 5.75 Å². The molecule has 5 rings (SSSR count). The van der Waals surface area contributed by atoms with Crippen molar-refractivity contribution in [3.05, 3.63) is 96.1 Å². The molecule has 38 heavy (non-hydrogen) atoms. The molecule has 0 saturated carbocycles. The minimum Gasteiger partial charge on any atom is -0.497 e. The highest BCUT2D eigenvalue weighted by Gasteiger charge is 2.47. The van der Waals surface area contributed by atoms with Gasteiger partial charge < -0.3 is 19.9 Å². The van der Waals surface area contributed by atoms with Crippen molar-refractivity contribution < 1.29 is 14.3 Å². The van der Waals surface area contributed by atoms with Crippen LogP contribution in [0.15, 0.2) is 84.9 Å². The third-order valence-electron chi connectivity index (χ3n) is 8.24. The number of benzene rings is 3. The van der Waals surface area contributed by atoms with Crippen LogP contribution in [0.1, 0.15) is 42.7 Å². The Labute approximate surface area is 225 Å². The summed E-state index contributed by atoms with van der Waals surface area (Å²) in [6.07, 6.45) is 3.45. The normalized spacial score (nSPS) is 17.9. The second-order valence-electron chi connectivity index (χ2n) is 10.6. The summed E-state index contributed by atoms with van der Waals surface area (Å²) in [5.41, 5.74) is 2.76. The van der Waals surface area contributed by atoms with Crippen LogP contribution in [0, 0.1) is 5.41 Å². The number of ether oxygens (including phenoxy) is 1. The average molecular weight is 512 g/mol. The first-order valence-electron chi connectivity index (χ1n) is 13.6. The van der Waals surface area contributed by atoms with Crippen LogP contribution < -0.4 is 10.1 Å². The standard InChI is InChI=1S/C32H37N3O3/c1-38-28-14-12-25(13-15-28)24-35-23-19-32(31(35)37)17-21-34(22-18-32)20-16-29(26-8-4-2-5-9-26)30(36)33-27-10-6-3-7-11-27/h2-15,29H,16-24H2,1H3,(H,33,36). The van der Waals surface area contributed by atoms with Crippen LogP contribution in [0.25, 0.3) is 0 Å². The van der Waals surface area contributed by atoms with E-state index in [2.05, 4.69) is 10.2 Å². The number of carbonyl (C=O) groups is 2. The SMILES string of the molecule is COc1ccc(CN2CCC3(CCN(CCC(C(=O)Nc4ccccc4)c4ccccc4)CC3)C2=O)cc1. The zero-order valence-electron chi connectivity index (χ0n) is 22.1. The molecule has 1 spiro atoms. The third kappa shape index (κ3) is 5.91. The molecule has 0 aliphatic carbocycles. The van der Waals surface area contributed by atoms with Gasteiger partial charge in [-0.1, -0.05) is 60.7 Å². The summed E-state index contributed by atoms with van der Waals surface area (Å²) in [6, 6.07) is 27.7. The average Bonchev–Trinajstić information content (AvgIpc) is 3.25. The maximum absolute atomic E-state index is 13.5. The lowest BCUT2D eigenvalue weighted by atomic mass is 9.77. The summed E-state index contributed by atoms with van der Waals surface area (Å²) >= 11 is 0.